The summed E-state index contributed by atoms with van der Waals surface area (Å²) in [5.74, 6) is 0.570. The van der Waals surface area contributed by atoms with E-state index in [0.717, 1.165) is 41.2 Å². The zero-order chi connectivity index (χ0) is 15.6. The van der Waals surface area contributed by atoms with Crippen LogP contribution in [0.4, 0.5) is 10.8 Å². The monoisotopic (exact) mass is 346 g/mol. The Morgan fingerprint density at radius 3 is 2.87 bits per heavy atom. The molecule has 0 radical (unpaired) electrons. The van der Waals surface area contributed by atoms with Gasteiger partial charge in [0.1, 0.15) is 0 Å². The fraction of sp³-hybridized carbons (Fsp3) is 0.438. The Labute approximate surface area is 143 Å². The molecule has 2 aromatic rings. The standard InChI is InChI=1S/C16H18N4OS2/c21-14(20-10-7-12-5-1-2-6-13(12)20)11-22-16-18-17-15(23-16)19-8-3-4-9-19/h1-2,5-6H,3-4,7-11H2. The highest BCUT2D eigenvalue weighted by Crippen LogP contribution is 2.32. The van der Waals surface area contributed by atoms with Gasteiger partial charge in [0.05, 0.1) is 5.75 Å². The predicted octanol–water partition coefficient (Wildman–Crippen LogP) is 2.82. The fourth-order valence-electron chi connectivity index (χ4n) is 3.10. The van der Waals surface area contributed by atoms with Crippen LogP contribution in [0.3, 0.4) is 0 Å². The van der Waals surface area contributed by atoms with E-state index in [9.17, 15) is 4.79 Å². The van der Waals surface area contributed by atoms with Crippen LogP contribution in [0.15, 0.2) is 28.6 Å². The SMILES string of the molecule is O=C(CSc1nnc(N2CCCC2)s1)N1CCc2ccccc21. The molecule has 120 valence electrons. The molecule has 0 aliphatic carbocycles. The van der Waals surface area contributed by atoms with Crippen LogP contribution in [-0.4, -0.2) is 41.5 Å². The van der Waals surface area contributed by atoms with E-state index >= 15 is 0 Å². The molecule has 0 spiro atoms. The summed E-state index contributed by atoms with van der Waals surface area (Å²) >= 11 is 3.09. The summed E-state index contributed by atoms with van der Waals surface area (Å²) < 4.78 is 0.882. The Kier molecular flexibility index (Phi) is 4.22. The Hall–Kier alpha value is -1.60. The van der Waals surface area contributed by atoms with E-state index < -0.39 is 0 Å². The van der Waals surface area contributed by atoms with Gasteiger partial charge in [0.2, 0.25) is 11.0 Å². The van der Waals surface area contributed by atoms with E-state index in [-0.39, 0.29) is 5.91 Å². The number of nitrogens with zero attached hydrogens (tertiary/aromatic N) is 4. The number of amides is 1. The average Bonchev–Trinajstić information content (AvgIpc) is 3.31. The molecule has 0 bridgehead atoms. The van der Waals surface area contributed by atoms with Crippen LogP contribution in [0, 0.1) is 0 Å². The number of carbonyl (C=O) groups excluding carboxylic acids is 1. The van der Waals surface area contributed by atoms with Crippen LogP contribution in [-0.2, 0) is 11.2 Å². The van der Waals surface area contributed by atoms with Crippen LogP contribution < -0.4 is 9.80 Å². The smallest absolute Gasteiger partial charge is 0.237 e. The van der Waals surface area contributed by atoms with E-state index in [1.807, 2.05) is 23.1 Å². The number of carbonyl (C=O) groups is 1. The third-order valence-corrected chi connectivity index (χ3v) is 6.38. The number of para-hydroxylation sites is 1. The zero-order valence-electron chi connectivity index (χ0n) is 12.8. The molecule has 1 fully saturated rings. The van der Waals surface area contributed by atoms with Crippen LogP contribution in [0.5, 0.6) is 0 Å². The van der Waals surface area contributed by atoms with Crippen molar-refractivity contribution >= 4 is 39.8 Å². The van der Waals surface area contributed by atoms with Gasteiger partial charge < -0.3 is 9.80 Å². The number of aromatic nitrogens is 2. The van der Waals surface area contributed by atoms with Crippen LogP contribution >= 0.6 is 23.1 Å². The molecule has 2 aliphatic heterocycles. The molecule has 1 saturated heterocycles. The van der Waals surface area contributed by atoms with Gasteiger partial charge in [-0.1, -0.05) is 41.3 Å². The van der Waals surface area contributed by atoms with Crippen molar-refractivity contribution in [3.05, 3.63) is 29.8 Å². The first-order valence-corrected chi connectivity index (χ1v) is 9.71. The maximum atomic E-state index is 12.5. The highest BCUT2D eigenvalue weighted by Gasteiger charge is 2.24. The van der Waals surface area contributed by atoms with Crippen molar-refractivity contribution in [3.63, 3.8) is 0 Å². The van der Waals surface area contributed by atoms with Crippen molar-refractivity contribution in [2.45, 2.75) is 23.6 Å². The van der Waals surface area contributed by atoms with Crippen molar-refractivity contribution in [1.29, 1.82) is 0 Å². The lowest BCUT2D eigenvalue weighted by atomic mass is 10.2. The average molecular weight is 346 g/mol. The third kappa shape index (κ3) is 3.07. The number of thioether (sulfide) groups is 1. The number of fused-ring (bicyclic) bond motifs is 1. The molecule has 5 nitrogen and oxygen atoms in total. The van der Waals surface area contributed by atoms with E-state index in [1.165, 1.54) is 30.2 Å². The number of hydrogen-bond donors (Lipinski definition) is 0. The maximum absolute atomic E-state index is 12.5. The highest BCUT2D eigenvalue weighted by atomic mass is 32.2. The number of hydrogen-bond acceptors (Lipinski definition) is 6. The minimum absolute atomic E-state index is 0.151. The second-order valence-electron chi connectivity index (χ2n) is 5.76. The van der Waals surface area contributed by atoms with E-state index in [0.29, 0.717) is 5.75 Å². The minimum atomic E-state index is 0.151. The second kappa shape index (κ2) is 6.49. The molecule has 1 aromatic heterocycles. The van der Waals surface area contributed by atoms with Gasteiger partial charge in [-0.05, 0) is 30.9 Å². The third-order valence-electron chi connectivity index (χ3n) is 4.28. The van der Waals surface area contributed by atoms with E-state index in [1.54, 1.807) is 11.3 Å². The Morgan fingerprint density at radius 1 is 1.17 bits per heavy atom. The van der Waals surface area contributed by atoms with Gasteiger partial charge in [0.25, 0.3) is 0 Å². The summed E-state index contributed by atoms with van der Waals surface area (Å²) in [4.78, 5) is 16.7. The largest absolute Gasteiger partial charge is 0.347 e. The van der Waals surface area contributed by atoms with Gasteiger partial charge in [-0.15, -0.1) is 10.2 Å². The van der Waals surface area contributed by atoms with Gasteiger partial charge in [0.15, 0.2) is 4.34 Å². The first-order chi connectivity index (χ1) is 11.3. The van der Waals surface area contributed by atoms with Crippen molar-refractivity contribution in [2.24, 2.45) is 0 Å². The van der Waals surface area contributed by atoms with Crippen molar-refractivity contribution in [1.82, 2.24) is 10.2 Å². The summed E-state index contributed by atoms with van der Waals surface area (Å²) in [5.41, 5.74) is 2.33. The van der Waals surface area contributed by atoms with Gasteiger partial charge >= 0.3 is 0 Å². The Balaban J connectivity index is 1.37. The summed E-state index contributed by atoms with van der Waals surface area (Å²) in [7, 11) is 0. The number of rotatable bonds is 4. The molecule has 0 saturated carbocycles. The zero-order valence-corrected chi connectivity index (χ0v) is 14.4. The lowest BCUT2D eigenvalue weighted by Gasteiger charge is -2.16. The first-order valence-electron chi connectivity index (χ1n) is 7.91. The number of benzene rings is 1. The van der Waals surface area contributed by atoms with Crippen molar-refractivity contribution in [3.8, 4) is 0 Å². The molecule has 0 unspecified atom stereocenters. The van der Waals surface area contributed by atoms with Gasteiger partial charge in [-0.25, -0.2) is 0 Å². The second-order valence-corrected chi connectivity index (χ2v) is 7.94. The summed E-state index contributed by atoms with van der Waals surface area (Å²) in [6.07, 6.45) is 3.41. The normalized spacial score (nSPS) is 16.9. The molecule has 3 heterocycles. The molecule has 1 aromatic carbocycles. The Morgan fingerprint density at radius 2 is 2.00 bits per heavy atom. The first kappa shape index (κ1) is 15.0. The highest BCUT2D eigenvalue weighted by molar-refractivity contribution is 8.01. The van der Waals surface area contributed by atoms with Crippen molar-refractivity contribution < 1.29 is 4.79 Å². The van der Waals surface area contributed by atoms with E-state index in [2.05, 4.69) is 21.2 Å². The predicted molar refractivity (Wildman–Crippen MR) is 94.6 cm³/mol. The van der Waals surface area contributed by atoms with Crippen LogP contribution in [0.1, 0.15) is 18.4 Å². The van der Waals surface area contributed by atoms with Crippen molar-refractivity contribution in [2.75, 3.05) is 35.2 Å². The van der Waals surface area contributed by atoms with Crippen LogP contribution in [0.25, 0.3) is 0 Å². The topological polar surface area (TPSA) is 49.3 Å². The quantitative estimate of drug-likeness (QED) is 0.797. The molecular formula is C16H18N4OS2. The summed E-state index contributed by atoms with van der Waals surface area (Å²) in [5, 5.41) is 9.47. The lowest BCUT2D eigenvalue weighted by molar-refractivity contribution is -0.116. The number of anilines is 2. The minimum Gasteiger partial charge on any atom is -0.347 e. The van der Waals surface area contributed by atoms with Gasteiger partial charge in [-0.2, -0.15) is 0 Å². The molecule has 4 rings (SSSR count). The molecule has 7 heteroatoms. The molecule has 0 atom stereocenters. The molecular weight excluding hydrogens is 328 g/mol. The summed E-state index contributed by atoms with van der Waals surface area (Å²) in [6, 6.07) is 8.15. The molecule has 1 amide bonds. The van der Waals surface area contributed by atoms with Gasteiger partial charge in [0, 0.05) is 25.3 Å². The Bertz CT molecular complexity index is 712. The molecule has 0 N–H and O–H groups in total. The van der Waals surface area contributed by atoms with E-state index in [4.69, 9.17) is 0 Å². The molecule has 2 aliphatic rings. The maximum Gasteiger partial charge on any atom is 0.237 e. The van der Waals surface area contributed by atoms with Crippen LogP contribution in [0.2, 0.25) is 0 Å². The fourth-order valence-corrected chi connectivity index (χ4v) is 4.86. The summed E-state index contributed by atoms with van der Waals surface area (Å²) in [6.45, 7) is 2.93. The molecule has 23 heavy (non-hydrogen) atoms. The van der Waals surface area contributed by atoms with Gasteiger partial charge in [-0.3, -0.25) is 4.79 Å². The lowest BCUT2D eigenvalue weighted by Crippen LogP contribution is -2.30.